The van der Waals surface area contributed by atoms with Crippen molar-refractivity contribution in [3.8, 4) is 0 Å². The summed E-state index contributed by atoms with van der Waals surface area (Å²) >= 11 is 0. The Morgan fingerprint density at radius 1 is 1.07 bits per heavy atom. The van der Waals surface area contributed by atoms with E-state index >= 15 is 0 Å². The van der Waals surface area contributed by atoms with Crippen LogP contribution in [-0.4, -0.2) is 24.5 Å². The molecule has 28 heavy (non-hydrogen) atoms. The zero-order valence-corrected chi connectivity index (χ0v) is 18.7. The van der Waals surface area contributed by atoms with E-state index in [1.165, 1.54) is 6.07 Å². The van der Waals surface area contributed by atoms with Gasteiger partial charge in [0.2, 0.25) is 0 Å². The second kappa shape index (κ2) is 9.82. The van der Waals surface area contributed by atoms with Crippen LogP contribution in [-0.2, 0) is 12.0 Å². The number of nitrogens with one attached hydrogen (secondary N) is 2. The van der Waals surface area contributed by atoms with Gasteiger partial charge in [0.15, 0.2) is 5.96 Å². The molecule has 0 aliphatic carbocycles. The van der Waals surface area contributed by atoms with Crippen LogP contribution in [0.1, 0.15) is 25.0 Å². The standard InChI is InChI=1S/C22H25FN4.HI/c1-22(2,17-7-6-8-18(23)13-17)15-27-21(24-3)26-14-16-11-12-25-20-10-5-4-9-19(16)20;/h4-13H,14-15H2,1-3H3,(H2,24,26,27);1H. The van der Waals surface area contributed by atoms with E-state index in [4.69, 9.17) is 0 Å². The molecule has 0 unspecified atom stereocenters. The molecule has 2 N–H and O–H groups in total. The maximum Gasteiger partial charge on any atom is 0.191 e. The SMILES string of the molecule is CN=C(NCc1ccnc2ccccc12)NCC(C)(C)c1cccc(F)c1.I. The van der Waals surface area contributed by atoms with Crippen LogP contribution in [0.4, 0.5) is 4.39 Å². The summed E-state index contributed by atoms with van der Waals surface area (Å²) in [6.07, 6.45) is 1.82. The predicted molar refractivity (Wildman–Crippen MR) is 125 cm³/mol. The van der Waals surface area contributed by atoms with Crippen LogP contribution in [0.2, 0.25) is 0 Å². The van der Waals surface area contributed by atoms with Crippen LogP contribution < -0.4 is 10.6 Å². The summed E-state index contributed by atoms with van der Waals surface area (Å²) in [6, 6.07) is 16.8. The van der Waals surface area contributed by atoms with Gasteiger partial charge in [0.05, 0.1) is 5.52 Å². The maximum absolute atomic E-state index is 13.5. The van der Waals surface area contributed by atoms with Crippen molar-refractivity contribution in [3.63, 3.8) is 0 Å². The minimum absolute atomic E-state index is 0. The molecule has 1 aromatic heterocycles. The van der Waals surface area contributed by atoms with Crippen molar-refractivity contribution in [2.24, 2.45) is 4.99 Å². The molecular weight excluding hydrogens is 466 g/mol. The fraction of sp³-hybridized carbons (Fsp3) is 0.273. The van der Waals surface area contributed by atoms with Gasteiger partial charge in [0.25, 0.3) is 0 Å². The minimum Gasteiger partial charge on any atom is -0.356 e. The summed E-state index contributed by atoms with van der Waals surface area (Å²) in [4.78, 5) is 8.70. The zero-order valence-electron chi connectivity index (χ0n) is 16.4. The molecule has 0 spiro atoms. The normalized spacial score (nSPS) is 11.8. The van der Waals surface area contributed by atoms with Crippen LogP contribution in [0.15, 0.2) is 65.8 Å². The molecule has 0 atom stereocenters. The van der Waals surface area contributed by atoms with Gasteiger partial charge < -0.3 is 10.6 Å². The molecule has 0 radical (unpaired) electrons. The molecule has 3 rings (SSSR count). The molecule has 6 heteroatoms. The molecule has 4 nitrogen and oxygen atoms in total. The molecule has 1 heterocycles. The number of fused-ring (bicyclic) bond motifs is 1. The van der Waals surface area contributed by atoms with Crippen LogP contribution in [0.3, 0.4) is 0 Å². The van der Waals surface area contributed by atoms with Crippen LogP contribution in [0.5, 0.6) is 0 Å². The molecule has 0 saturated heterocycles. The number of halogens is 2. The van der Waals surface area contributed by atoms with E-state index < -0.39 is 0 Å². The molecule has 0 bridgehead atoms. The fourth-order valence-corrected chi connectivity index (χ4v) is 3.02. The molecule has 0 aliphatic heterocycles. The zero-order chi connectivity index (χ0) is 19.3. The third kappa shape index (κ3) is 5.41. The molecule has 0 fully saturated rings. The highest BCUT2D eigenvalue weighted by molar-refractivity contribution is 14.0. The lowest BCUT2D eigenvalue weighted by atomic mass is 9.84. The first-order chi connectivity index (χ1) is 13.0. The van der Waals surface area contributed by atoms with Crippen LogP contribution >= 0.6 is 24.0 Å². The molecule has 2 aromatic carbocycles. The number of aromatic nitrogens is 1. The topological polar surface area (TPSA) is 49.3 Å². The Labute approximate surface area is 182 Å². The molecule has 148 valence electrons. The van der Waals surface area contributed by atoms with E-state index in [1.807, 2.05) is 36.5 Å². The highest BCUT2D eigenvalue weighted by atomic mass is 127. The van der Waals surface area contributed by atoms with Gasteiger partial charge in [-0.05, 0) is 35.4 Å². The lowest BCUT2D eigenvalue weighted by molar-refractivity contribution is 0.503. The number of hydrogen-bond donors (Lipinski definition) is 2. The molecule has 0 aliphatic rings. The van der Waals surface area contributed by atoms with Crippen molar-refractivity contribution in [1.29, 1.82) is 0 Å². The lowest BCUT2D eigenvalue weighted by Crippen LogP contribution is -2.43. The van der Waals surface area contributed by atoms with E-state index in [0.29, 0.717) is 19.0 Å². The Morgan fingerprint density at radius 2 is 1.86 bits per heavy atom. The maximum atomic E-state index is 13.5. The van der Waals surface area contributed by atoms with Crippen molar-refractivity contribution in [2.45, 2.75) is 25.8 Å². The number of para-hydroxylation sites is 1. The predicted octanol–water partition coefficient (Wildman–Crippen LogP) is 4.63. The third-order valence-corrected chi connectivity index (χ3v) is 4.71. The van der Waals surface area contributed by atoms with Crippen LogP contribution in [0.25, 0.3) is 10.9 Å². The largest absolute Gasteiger partial charge is 0.356 e. The average molecular weight is 492 g/mol. The van der Waals surface area contributed by atoms with E-state index in [2.05, 4.69) is 40.5 Å². The summed E-state index contributed by atoms with van der Waals surface area (Å²) in [5, 5.41) is 7.82. The van der Waals surface area contributed by atoms with Crippen molar-refractivity contribution < 1.29 is 4.39 Å². The van der Waals surface area contributed by atoms with Gasteiger partial charge in [-0.15, -0.1) is 24.0 Å². The number of guanidine groups is 1. The Bertz CT molecular complexity index is 951. The van der Waals surface area contributed by atoms with Gasteiger partial charge in [-0.1, -0.05) is 44.2 Å². The highest BCUT2D eigenvalue weighted by Gasteiger charge is 2.21. The molecule has 0 saturated carbocycles. The Balaban J connectivity index is 0.00000280. The number of aliphatic imine (C=N–C) groups is 1. The van der Waals surface area contributed by atoms with Gasteiger partial charge in [0, 0.05) is 37.1 Å². The van der Waals surface area contributed by atoms with Crippen LogP contribution in [0, 0.1) is 5.82 Å². The van der Waals surface area contributed by atoms with Gasteiger partial charge >= 0.3 is 0 Å². The summed E-state index contributed by atoms with van der Waals surface area (Å²) in [5.74, 6) is 0.494. The van der Waals surface area contributed by atoms with E-state index in [0.717, 1.165) is 22.0 Å². The summed E-state index contributed by atoms with van der Waals surface area (Å²) in [7, 11) is 1.75. The number of benzene rings is 2. The smallest absolute Gasteiger partial charge is 0.191 e. The van der Waals surface area contributed by atoms with Crippen molar-refractivity contribution >= 4 is 40.8 Å². The Hall–Kier alpha value is -2.22. The van der Waals surface area contributed by atoms with Crippen molar-refractivity contribution in [1.82, 2.24) is 15.6 Å². The summed E-state index contributed by atoms with van der Waals surface area (Å²) in [6.45, 7) is 5.44. The first-order valence-corrected chi connectivity index (χ1v) is 9.03. The highest BCUT2D eigenvalue weighted by Crippen LogP contribution is 2.22. The van der Waals surface area contributed by atoms with Gasteiger partial charge in [-0.2, -0.15) is 0 Å². The second-order valence-corrected chi connectivity index (χ2v) is 7.16. The van der Waals surface area contributed by atoms with Crippen molar-refractivity contribution in [3.05, 3.63) is 77.7 Å². The molecular formula is C22H26FIN4. The average Bonchev–Trinajstić information content (AvgIpc) is 2.68. The molecule has 0 amide bonds. The number of pyridine rings is 1. The van der Waals surface area contributed by atoms with Gasteiger partial charge in [-0.3, -0.25) is 9.98 Å². The molecule has 3 aromatic rings. The third-order valence-electron chi connectivity index (χ3n) is 4.71. The Morgan fingerprint density at radius 3 is 2.61 bits per heavy atom. The quantitative estimate of drug-likeness (QED) is 0.310. The Kier molecular flexibility index (Phi) is 7.74. The van der Waals surface area contributed by atoms with E-state index in [1.54, 1.807) is 19.2 Å². The lowest BCUT2D eigenvalue weighted by Gasteiger charge is -2.27. The number of rotatable bonds is 5. The minimum atomic E-state index is -0.233. The number of hydrogen-bond acceptors (Lipinski definition) is 2. The van der Waals surface area contributed by atoms with E-state index in [-0.39, 0.29) is 35.2 Å². The van der Waals surface area contributed by atoms with Crippen molar-refractivity contribution in [2.75, 3.05) is 13.6 Å². The first kappa shape index (κ1) is 22.1. The van der Waals surface area contributed by atoms with Gasteiger partial charge in [0.1, 0.15) is 5.82 Å². The summed E-state index contributed by atoms with van der Waals surface area (Å²) < 4.78 is 13.5. The second-order valence-electron chi connectivity index (χ2n) is 7.16. The summed E-state index contributed by atoms with van der Waals surface area (Å²) in [5.41, 5.74) is 2.86. The first-order valence-electron chi connectivity index (χ1n) is 9.03. The number of nitrogens with zero attached hydrogens (tertiary/aromatic N) is 2. The fourth-order valence-electron chi connectivity index (χ4n) is 3.02. The van der Waals surface area contributed by atoms with Gasteiger partial charge in [-0.25, -0.2) is 4.39 Å². The monoisotopic (exact) mass is 492 g/mol. The van der Waals surface area contributed by atoms with E-state index in [9.17, 15) is 4.39 Å².